The highest BCUT2D eigenvalue weighted by molar-refractivity contribution is 5.75. The van der Waals surface area contributed by atoms with E-state index in [4.69, 9.17) is 9.47 Å². The van der Waals surface area contributed by atoms with Gasteiger partial charge in [0.15, 0.2) is 0 Å². The van der Waals surface area contributed by atoms with E-state index in [9.17, 15) is 4.79 Å². The molecule has 0 N–H and O–H groups in total. The minimum absolute atomic E-state index is 0.125. The smallest absolute Gasteiger partial charge is 0.130 e. The van der Waals surface area contributed by atoms with Crippen LogP contribution in [0.25, 0.3) is 0 Å². The topological polar surface area (TPSA) is 35.5 Å². The van der Waals surface area contributed by atoms with Crippen LogP contribution in [0.4, 0.5) is 0 Å². The monoisotopic (exact) mass is 264 g/mol. The summed E-state index contributed by atoms with van der Waals surface area (Å²) >= 11 is 0. The lowest BCUT2D eigenvalue weighted by Crippen LogP contribution is -2.22. The number of hydrogen-bond acceptors (Lipinski definition) is 3. The van der Waals surface area contributed by atoms with Gasteiger partial charge in [0.05, 0.1) is 12.2 Å². The van der Waals surface area contributed by atoms with E-state index in [1.807, 2.05) is 45.0 Å². The molecule has 1 aromatic carbocycles. The van der Waals surface area contributed by atoms with E-state index in [0.29, 0.717) is 19.6 Å². The molecule has 0 aromatic heterocycles. The summed E-state index contributed by atoms with van der Waals surface area (Å²) < 4.78 is 11.2. The van der Waals surface area contributed by atoms with Crippen molar-refractivity contribution in [2.45, 2.75) is 46.1 Å². The molecule has 0 saturated heterocycles. The Hall–Kier alpha value is -1.35. The number of hydrogen-bond donors (Lipinski definition) is 0. The molecule has 0 bridgehead atoms. The second kappa shape index (κ2) is 7.29. The highest BCUT2D eigenvalue weighted by Crippen LogP contribution is 2.14. The zero-order valence-corrected chi connectivity index (χ0v) is 12.4. The van der Waals surface area contributed by atoms with E-state index in [0.717, 1.165) is 17.7 Å². The molecule has 1 rings (SSSR count). The first-order valence-electron chi connectivity index (χ1n) is 6.72. The lowest BCUT2D eigenvalue weighted by Gasteiger charge is -2.19. The summed E-state index contributed by atoms with van der Waals surface area (Å²) in [6.07, 6.45) is 1.39. The van der Waals surface area contributed by atoms with Crippen LogP contribution in [-0.2, 0) is 16.0 Å². The van der Waals surface area contributed by atoms with Crippen LogP contribution in [0.15, 0.2) is 24.3 Å². The molecule has 0 spiro atoms. The average Bonchev–Trinajstić information content (AvgIpc) is 2.32. The zero-order chi connectivity index (χ0) is 14.3. The molecule has 0 unspecified atom stereocenters. The number of aryl methyl sites for hydroxylation is 1. The third kappa shape index (κ3) is 7.62. The van der Waals surface area contributed by atoms with E-state index >= 15 is 0 Å². The molecule has 3 heteroatoms. The second-order valence-corrected chi connectivity index (χ2v) is 5.66. The first-order valence-corrected chi connectivity index (χ1v) is 6.72. The Morgan fingerprint density at radius 2 is 1.74 bits per heavy atom. The van der Waals surface area contributed by atoms with Crippen LogP contribution in [0.3, 0.4) is 0 Å². The van der Waals surface area contributed by atoms with Gasteiger partial charge in [-0.25, -0.2) is 0 Å². The maximum absolute atomic E-state index is 10.9. The minimum Gasteiger partial charge on any atom is -0.491 e. The van der Waals surface area contributed by atoms with Gasteiger partial charge in [-0.15, -0.1) is 0 Å². The lowest BCUT2D eigenvalue weighted by molar-refractivity contribution is -0.116. The summed E-state index contributed by atoms with van der Waals surface area (Å²) in [5, 5.41) is 0. The summed E-state index contributed by atoms with van der Waals surface area (Å²) in [5.41, 5.74) is 1.04. The zero-order valence-electron chi connectivity index (χ0n) is 12.4. The standard InChI is InChI=1S/C16H24O3/c1-13(17)5-6-14-7-9-15(10-8-14)18-11-12-19-16(2,3)4/h7-10H,5-6,11-12H2,1-4H3. The van der Waals surface area contributed by atoms with Crippen molar-refractivity contribution in [2.24, 2.45) is 0 Å². The van der Waals surface area contributed by atoms with Crippen LogP contribution in [0.2, 0.25) is 0 Å². The number of Topliss-reactive ketones (excluding diaryl/α,β-unsaturated/α-hetero) is 1. The molecule has 19 heavy (non-hydrogen) atoms. The van der Waals surface area contributed by atoms with Crippen molar-refractivity contribution in [2.75, 3.05) is 13.2 Å². The van der Waals surface area contributed by atoms with Gasteiger partial charge in [-0.05, 0) is 51.8 Å². The Labute approximate surface area is 115 Å². The quantitative estimate of drug-likeness (QED) is 0.708. The van der Waals surface area contributed by atoms with Crippen molar-refractivity contribution >= 4 is 5.78 Å². The van der Waals surface area contributed by atoms with Crippen LogP contribution in [0, 0.1) is 0 Å². The van der Waals surface area contributed by atoms with E-state index in [1.54, 1.807) is 6.92 Å². The number of ether oxygens (including phenoxy) is 2. The minimum atomic E-state index is -0.125. The van der Waals surface area contributed by atoms with Crippen LogP contribution >= 0.6 is 0 Å². The van der Waals surface area contributed by atoms with Crippen molar-refractivity contribution in [3.05, 3.63) is 29.8 Å². The highest BCUT2D eigenvalue weighted by Gasteiger charge is 2.09. The number of ketones is 1. The number of carbonyl (C=O) groups excluding carboxylic acids is 1. The third-order valence-corrected chi connectivity index (χ3v) is 2.58. The molecule has 0 radical (unpaired) electrons. The Morgan fingerprint density at radius 1 is 1.11 bits per heavy atom. The predicted octanol–water partition coefficient (Wildman–Crippen LogP) is 3.40. The molecule has 0 fully saturated rings. The fourth-order valence-corrected chi connectivity index (χ4v) is 1.58. The van der Waals surface area contributed by atoms with Crippen molar-refractivity contribution in [3.63, 3.8) is 0 Å². The van der Waals surface area contributed by atoms with Gasteiger partial charge in [-0.3, -0.25) is 0 Å². The molecule has 0 amide bonds. The number of carbonyl (C=O) groups is 1. The van der Waals surface area contributed by atoms with Gasteiger partial charge in [-0.1, -0.05) is 12.1 Å². The first-order chi connectivity index (χ1) is 8.87. The van der Waals surface area contributed by atoms with E-state index in [1.165, 1.54) is 0 Å². The van der Waals surface area contributed by atoms with Gasteiger partial charge >= 0.3 is 0 Å². The molecule has 0 saturated carbocycles. The molecule has 0 heterocycles. The molecule has 0 aliphatic carbocycles. The Balaban J connectivity index is 2.30. The summed E-state index contributed by atoms with van der Waals surface area (Å²) in [6.45, 7) is 8.82. The molecular weight excluding hydrogens is 240 g/mol. The van der Waals surface area contributed by atoms with Gasteiger partial charge in [0, 0.05) is 6.42 Å². The van der Waals surface area contributed by atoms with Crippen molar-refractivity contribution < 1.29 is 14.3 Å². The first kappa shape index (κ1) is 15.7. The third-order valence-electron chi connectivity index (χ3n) is 2.58. The number of benzene rings is 1. The van der Waals surface area contributed by atoms with E-state index in [-0.39, 0.29) is 11.4 Å². The van der Waals surface area contributed by atoms with E-state index in [2.05, 4.69) is 0 Å². The summed E-state index contributed by atoms with van der Waals surface area (Å²) in [4.78, 5) is 10.9. The van der Waals surface area contributed by atoms with Gasteiger partial charge < -0.3 is 14.3 Å². The summed E-state index contributed by atoms with van der Waals surface area (Å²) in [5.74, 6) is 1.06. The molecule has 0 aliphatic heterocycles. The van der Waals surface area contributed by atoms with Crippen LogP contribution < -0.4 is 4.74 Å². The second-order valence-electron chi connectivity index (χ2n) is 5.66. The molecule has 0 aliphatic rings. The fourth-order valence-electron chi connectivity index (χ4n) is 1.58. The van der Waals surface area contributed by atoms with Crippen LogP contribution in [-0.4, -0.2) is 24.6 Å². The maximum atomic E-state index is 10.9. The lowest BCUT2D eigenvalue weighted by atomic mass is 10.1. The molecular formula is C16H24O3. The largest absolute Gasteiger partial charge is 0.491 e. The van der Waals surface area contributed by atoms with Crippen LogP contribution in [0.5, 0.6) is 5.75 Å². The van der Waals surface area contributed by atoms with E-state index < -0.39 is 0 Å². The normalized spacial score (nSPS) is 11.4. The SMILES string of the molecule is CC(=O)CCc1ccc(OCCOC(C)(C)C)cc1. The Kier molecular flexibility index (Phi) is 6.03. The predicted molar refractivity (Wildman–Crippen MR) is 76.6 cm³/mol. The average molecular weight is 264 g/mol. The van der Waals surface area contributed by atoms with Crippen molar-refractivity contribution in [3.8, 4) is 5.75 Å². The highest BCUT2D eigenvalue weighted by atomic mass is 16.5. The Bertz CT molecular complexity index is 387. The molecule has 106 valence electrons. The fraction of sp³-hybridized carbons (Fsp3) is 0.562. The van der Waals surface area contributed by atoms with Gasteiger partial charge in [-0.2, -0.15) is 0 Å². The van der Waals surface area contributed by atoms with Crippen molar-refractivity contribution in [1.82, 2.24) is 0 Å². The van der Waals surface area contributed by atoms with Crippen molar-refractivity contribution in [1.29, 1.82) is 0 Å². The summed E-state index contributed by atoms with van der Waals surface area (Å²) in [6, 6.07) is 7.88. The van der Waals surface area contributed by atoms with Crippen LogP contribution in [0.1, 0.15) is 39.7 Å². The number of rotatable bonds is 7. The molecule has 1 aromatic rings. The Morgan fingerprint density at radius 3 is 2.26 bits per heavy atom. The maximum Gasteiger partial charge on any atom is 0.130 e. The van der Waals surface area contributed by atoms with Gasteiger partial charge in [0.25, 0.3) is 0 Å². The van der Waals surface area contributed by atoms with Gasteiger partial charge in [0.2, 0.25) is 0 Å². The van der Waals surface area contributed by atoms with Gasteiger partial charge in [0.1, 0.15) is 18.1 Å². The molecule has 0 atom stereocenters. The molecule has 3 nitrogen and oxygen atoms in total. The summed E-state index contributed by atoms with van der Waals surface area (Å²) in [7, 11) is 0.